The molecule has 2 aromatic rings. The molecular weight excluding hydrogens is 496 g/mol. The van der Waals surface area contributed by atoms with Gasteiger partial charge < -0.3 is 20.1 Å². The molecule has 200 valence electrons. The molecule has 0 bridgehead atoms. The summed E-state index contributed by atoms with van der Waals surface area (Å²) in [6.45, 7) is 11.8. The minimum Gasteiger partial charge on any atom is -0.358 e. The van der Waals surface area contributed by atoms with Gasteiger partial charge in [0.15, 0.2) is 0 Å². The summed E-state index contributed by atoms with van der Waals surface area (Å²) in [7, 11) is 0. The Kier molecular flexibility index (Phi) is 7.64. The van der Waals surface area contributed by atoms with Gasteiger partial charge in [-0.2, -0.15) is 0 Å². The van der Waals surface area contributed by atoms with Gasteiger partial charge in [-0.3, -0.25) is 9.59 Å². The number of allylic oxidation sites excluding steroid dienone is 3. The van der Waals surface area contributed by atoms with E-state index in [1.807, 2.05) is 69.0 Å². The predicted octanol–water partition coefficient (Wildman–Crippen LogP) is 5.88. The number of carbonyl (C=O) groups excluding carboxylic acids is 2. The van der Waals surface area contributed by atoms with Crippen LogP contribution in [0.2, 0.25) is 5.02 Å². The van der Waals surface area contributed by atoms with E-state index in [1.54, 1.807) is 0 Å². The van der Waals surface area contributed by atoms with Crippen molar-refractivity contribution >= 4 is 35.1 Å². The topological polar surface area (TPSA) is 68.4 Å². The normalized spacial score (nSPS) is 22.6. The number of benzene rings is 1. The van der Waals surface area contributed by atoms with Crippen molar-refractivity contribution < 1.29 is 9.59 Å². The number of aromatic nitrogens is 1. The Morgan fingerprint density at radius 2 is 1.82 bits per heavy atom. The number of nitrogens with one attached hydrogen (secondary N) is 2. The van der Waals surface area contributed by atoms with Crippen LogP contribution in [0.1, 0.15) is 72.4 Å². The Hall–Kier alpha value is -3.09. The number of carbonyl (C=O) groups is 2. The Morgan fingerprint density at radius 3 is 2.47 bits per heavy atom. The first-order valence-corrected chi connectivity index (χ1v) is 14.1. The number of aromatic amines is 1. The van der Waals surface area contributed by atoms with Gasteiger partial charge in [0.1, 0.15) is 0 Å². The highest BCUT2D eigenvalue weighted by atomic mass is 35.5. The van der Waals surface area contributed by atoms with Crippen molar-refractivity contribution in [2.24, 2.45) is 0 Å². The summed E-state index contributed by atoms with van der Waals surface area (Å²) in [5, 5.41) is 3.65. The first-order valence-electron chi connectivity index (χ1n) is 13.7. The van der Waals surface area contributed by atoms with Gasteiger partial charge in [-0.1, -0.05) is 29.8 Å². The lowest BCUT2D eigenvalue weighted by Gasteiger charge is -2.36. The zero-order chi connectivity index (χ0) is 27.0. The number of nitrogens with zero attached hydrogens (tertiary/aromatic N) is 2. The molecule has 0 spiro atoms. The Labute approximate surface area is 230 Å². The third kappa shape index (κ3) is 4.99. The Balaban J connectivity index is 1.44. The SMILES string of the molecule is C/C=C1/NC(=O)C(=C\c2[nH]c(C)c(C(=O)N3CCC(N4CCCC4)CC3)c2C)/C1=C(/C)c1cccc(Cl)c1. The fraction of sp³-hybridized carbons (Fsp3) is 0.419. The summed E-state index contributed by atoms with van der Waals surface area (Å²) in [5.74, 6) is -0.0744. The number of halogens is 1. The summed E-state index contributed by atoms with van der Waals surface area (Å²) in [6, 6.07) is 8.26. The third-order valence-electron chi connectivity index (χ3n) is 8.34. The van der Waals surface area contributed by atoms with E-state index in [9.17, 15) is 9.59 Å². The number of H-pyrrole nitrogens is 1. The van der Waals surface area contributed by atoms with Crippen LogP contribution in [0.25, 0.3) is 11.6 Å². The van der Waals surface area contributed by atoms with Crippen LogP contribution in [-0.4, -0.2) is 58.8 Å². The molecule has 1 aromatic carbocycles. The van der Waals surface area contributed by atoms with Crippen molar-refractivity contribution in [2.45, 2.75) is 59.4 Å². The molecule has 2 amide bonds. The minimum atomic E-state index is -0.155. The number of aryl methyl sites for hydroxylation is 1. The average molecular weight is 533 g/mol. The second-order valence-electron chi connectivity index (χ2n) is 10.7. The van der Waals surface area contributed by atoms with Crippen molar-refractivity contribution in [1.29, 1.82) is 0 Å². The quantitative estimate of drug-likeness (QED) is 0.483. The molecule has 3 aliphatic rings. The minimum absolute atomic E-state index is 0.0802. The lowest BCUT2D eigenvalue weighted by atomic mass is 9.94. The van der Waals surface area contributed by atoms with Crippen LogP contribution >= 0.6 is 11.6 Å². The van der Waals surface area contributed by atoms with Crippen LogP contribution in [0, 0.1) is 13.8 Å². The van der Waals surface area contributed by atoms with Crippen LogP contribution in [0.3, 0.4) is 0 Å². The van der Waals surface area contributed by atoms with Crippen molar-refractivity contribution in [3.63, 3.8) is 0 Å². The first-order chi connectivity index (χ1) is 18.3. The van der Waals surface area contributed by atoms with Gasteiger partial charge in [0.2, 0.25) is 0 Å². The van der Waals surface area contributed by atoms with Gasteiger partial charge in [-0.15, -0.1) is 0 Å². The summed E-state index contributed by atoms with van der Waals surface area (Å²) in [5.41, 5.74) is 7.34. The van der Waals surface area contributed by atoms with Crippen molar-refractivity contribution in [2.75, 3.05) is 26.2 Å². The summed E-state index contributed by atoms with van der Waals surface area (Å²) in [4.78, 5) is 34.7. The average Bonchev–Trinajstić information content (AvgIpc) is 3.62. The van der Waals surface area contributed by atoms with Crippen molar-refractivity contribution in [3.05, 3.63) is 80.3 Å². The van der Waals surface area contributed by atoms with Crippen molar-refractivity contribution in [3.8, 4) is 0 Å². The molecule has 5 rings (SSSR count). The van der Waals surface area contributed by atoms with Crippen LogP contribution in [-0.2, 0) is 4.79 Å². The maximum Gasteiger partial charge on any atom is 0.256 e. The molecule has 6 nitrogen and oxygen atoms in total. The highest BCUT2D eigenvalue weighted by molar-refractivity contribution is 6.30. The summed E-state index contributed by atoms with van der Waals surface area (Å²) >= 11 is 6.26. The molecule has 0 unspecified atom stereocenters. The number of piperidine rings is 1. The molecule has 0 saturated carbocycles. The monoisotopic (exact) mass is 532 g/mol. The summed E-state index contributed by atoms with van der Waals surface area (Å²) < 4.78 is 0. The molecule has 38 heavy (non-hydrogen) atoms. The number of likely N-dealkylation sites (tertiary alicyclic amines) is 2. The van der Waals surface area contributed by atoms with E-state index in [0.717, 1.165) is 70.9 Å². The number of hydrogen-bond donors (Lipinski definition) is 2. The predicted molar refractivity (Wildman–Crippen MR) is 154 cm³/mol. The van der Waals surface area contributed by atoms with E-state index in [0.29, 0.717) is 16.6 Å². The number of rotatable bonds is 4. The fourth-order valence-electron chi connectivity index (χ4n) is 6.22. The Bertz CT molecular complexity index is 1350. The van der Waals surface area contributed by atoms with Gasteiger partial charge in [0.05, 0.1) is 11.1 Å². The molecule has 3 fully saturated rings. The van der Waals surface area contributed by atoms with Crippen LogP contribution in [0.5, 0.6) is 0 Å². The van der Waals surface area contributed by atoms with Crippen LogP contribution in [0.4, 0.5) is 0 Å². The second kappa shape index (κ2) is 11.0. The van der Waals surface area contributed by atoms with Crippen molar-refractivity contribution in [1.82, 2.24) is 20.1 Å². The van der Waals surface area contributed by atoms with Crippen LogP contribution < -0.4 is 5.32 Å². The zero-order valence-electron chi connectivity index (χ0n) is 22.8. The lowest BCUT2D eigenvalue weighted by molar-refractivity contribution is -0.115. The molecule has 7 heteroatoms. The van der Waals surface area contributed by atoms with E-state index in [2.05, 4.69) is 15.2 Å². The molecular formula is C31H37ClN4O2. The Morgan fingerprint density at radius 1 is 1.11 bits per heavy atom. The van der Waals surface area contributed by atoms with Gasteiger partial charge in [0, 0.05) is 46.8 Å². The van der Waals surface area contributed by atoms with Gasteiger partial charge in [-0.05, 0) is 101 Å². The molecule has 0 atom stereocenters. The lowest BCUT2D eigenvalue weighted by Crippen LogP contribution is -2.46. The van der Waals surface area contributed by atoms with E-state index in [4.69, 9.17) is 11.6 Å². The standard InChI is InChI=1S/C31H37ClN4O2/c1-5-26-29(19(2)22-9-8-10-23(32)17-22)25(30(37)34-26)18-27-20(3)28(21(4)33-27)31(38)36-15-11-24(12-16-36)35-13-6-7-14-35/h5,8-10,17-18,24,33H,6-7,11-16H2,1-4H3,(H,34,37)/b25-18-,26-5+,29-19+. The molecule has 0 aliphatic carbocycles. The second-order valence-corrected chi connectivity index (χ2v) is 11.1. The number of amides is 2. The van der Waals surface area contributed by atoms with E-state index in [-0.39, 0.29) is 11.8 Å². The van der Waals surface area contributed by atoms with Gasteiger partial charge in [-0.25, -0.2) is 0 Å². The summed E-state index contributed by atoms with van der Waals surface area (Å²) in [6.07, 6.45) is 8.46. The van der Waals surface area contributed by atoms with Gasteiger partial charge in [0.25, 0.3) is 11.8 Å². The molecule has 0 radical (unpaired) electrons. The molecule has 4 heterocycles. The highest BCUT2D eigenvalue weighted by Gasteiger charge is 2.32. The largest absolute Gasteiger partial charge is 0.358 e. The third-order valence-corrected chi connectivity index (χ3v) is 8.58. The maximum absolute atomic E-state index is 13.6. The van der Waals surface area contributed by atoms with Gasteiger partial charge >= 0.3 is 0 Å². The number of hydrogen-bond acceptors (Lipinski definition) is 3. The zero-order valence-corrected chi connectivity index (χ0v) is 23.5. The first kappa shape index (κ1) is 26.5. The van der Waals surface area contributed by atoms with E-state index in [1.165, 1.54) is 25.9 Å². The molecule has 1 aromatic heterocycles. The van der Waals surface area contributed by atoms with Crippen LogP contribution in [0.15, 0.2) is 47.2 Å². The fourth-order valence-corrected chi connectivity index (χ4v) is 6.41. The molecule has 3 saturated heterocycles. The van der Waals surface area contributed by atoms with E-state index < -0.39 is 0 Å². The maximum atomic E-state index is 13.6. The van der Waals surface area contributed by atoms with E-state index >= 15 is 0 Å². The molecule has 3 aliphatic heterocycles. The highest BCUT2D eigenvalue weighted by Crippen LogP contribution is 2.36. The smallest absolute Gasteiger partial charge is 0.256 e. The molecule has 2 N–H and O–H groups in total.